The number of nitrogens with one attached hydrogen (secondary N) is 1. The summed E-state index contributed by atoms with van der Waals surface area (Å²) < 4.78 is 5.81. The standard InChI is InChI=1S/C17H37NO/c1-7-9-10-17(8-2,14-18-16(5)6)11-12-19-13-15(3)4/h15-16,18H,7-14H2,1-6H3. The molecule has 0 aliphatic rings. The van der Waals surface area contributed by atoms with Gasteiger partial charge in [0.2, 0.25) is 0 Å². The predicted octanol–water partition coefficient (Wildman–Crippen LogP) is 4.63. The third kappa shape index (κ3) is 9.45. The summed E-state index contributed by atoms with van der Waals surface area (Å²) in [6.45, 7) is 16.4. The van der Waals surface area contributed by atoms with Crippen LogP contribution < -0.4 is 5.32 Å². The summed E-state index contributed by atoms with van der Waals surface area (Å²) in [6.07, 6.45) is 6.38. The van der Waals surface area contributed by atoms with E-state index in [0.717, 1.165) is 19.8 Å². The molecule has 2 heteroatoms. The summed E-state index contributed by atoms with van der Waals surface area (Å²) in [5.41, 5.74) is 0.428. The molecule has 116 valence electrons. The minimum atomic E-state index is 0.428. The number of rotatable bonds is 12. The number of hydrogen-bond acceptors (Lipinski definition) is 2. The van der Waals surface area contributed by atoms with E-state index in [9.17, 15) is 0 Å². The second kappa shape index (κ2) is 10.7. The Morgan fingerprint density at radius 1 is 1.05 bits per heavy atom. The van der Waals surface area contributed by atoms with Crippen LogP contribution in [0.15, 0.2) is 0 Å². The second-order valence-corrected chi connectivity index (χ2v) is 6.71. The van der Waals surface area contributed by atoms with Crippen LogP contribution >= 0.6 is 0 Å². The zero-order chi connectivity index (χ0) is 14.7. The number of ether oxygens (including phenoxy) is 1. The smallest absolute Gasteiger partial charge is 0.0488 e. The van der Waals surface area contributed by atoms with Gasteiger partial charge in [-0.25, -0.2) is 0 Å². The lowest BCUT2D eigenvalue weighted by atomic mass is 9.77. The molecule has 0 amide bonds. The Labute approximate surface area is 121 Å². The molecule has 0 aliphatic heterocycles. The minimum absolute atomic E-state index is 0.428. The molecule has 0 spiro atoms. The normalized spacial score (nSPS) is 15.2. The van der Waals surface area contributed by atoms with E-state index in [-0.39, 0.29) is 0 Å². The average molecular weight is 271 g/mol. The van der Waals surface area contributed by atoms with E-state index in [1.165, 1.54) is 32.1 Å². The highest BCUT2D eigenvalue weighted by atomic mass is 16.5. The Hall–Kier alpha value is -0.0800. The highest BCUT2D eigenvalue weighted by Gasteiger charge is 2.27. The molecule has 0 aromatic heterocycles. The molecule has 0 saturated heterocycles. The van der Waals surface area contributed by atoms with Crippen molar-refractivity contribution < 1.29 is 4.74 Å². The maximum atomic E-state index is 5.81. The Bertz CT molecular complexity index is 203. The van der Waals surface area contributed by atoms with Gasteiger partial charge in [0.1, 0.15) is 0 Å². The lowest BCUT2D eigenvalue weighted by Crippen LogP contribution is -2.38. The fraction of sp³-hybridized carbons (Fsp3) is 1.00. The Kier molecular flexibility index (Phi) is 10.6. The van der Waals surface area contributed by atoms with Crippen LogP contribution in [0.1, 0.15) is 73.6 Å². The largest absolute Gasteiger partial charge is 0.381 e. The van der Waals surface area contributed by atoms with Gasteiger partial charge in [-0.1, -0.05) is 54.4 Å². The summed E-state index contributed by atoms with van der Waals surface area (Å²) in [6, 6.07) is 0.573. The lowest BCUT2D eigenvalue weighted by Gasteiger charge is -2.34. The van der Waals surface area contributed by atoms with Gasteiger partial charge in [-0.3, -0.25) is 0 Å². The van der Waals surface area contributed by atoms with Crippen molar-refractivity contribution in [3.8, 4) is 0 Å². The number of unbranched alkanes of at least 4 members (excludes halogenated alkanes) is 1. The van der Waals surface area contributed by atoms with Crippen LogP contribution in [-0.4, -0.2) is 25.8 Å². The van der Waals surface area contributed by atoms with Crippen LogP contribution in [0, 0.1) is 11.3 Å². The molecule has 2 nitrogen and oxygen atoms in total. The fourth-order valence-electron chi connectivity index (χ4n) is 2.36. The van der Waals surface area contributed by atoms with E-state index < -0.39 is 0 Å². The SMILES string of the molecule is CCCCC(CC)(CCOCC(C)C)CNC(C)C. The van der Waals surface area contributed by atoms with E-state index in [4.69, 9.17) is 4.74 Å². The van der Waals surface area contributed by atoms with Gasteiger partial charge in [-0.05, 0) is 30.6 Å². The zero-order valence-electron chi connectivity index (χ0n) is 14.2. The summed E-state index contributed by atoms with van der Waals surface area (Å²) >= 11 is 0. The minimum Gasteiger partial charge on any atom is -0.381 e. The van der Waals surface area contributed by atoms with Gasteiger partial charge in [0.05, 0.1) is 0 Å². The molecule has 0 aromatic carbocycles. The van der Waals surface area contributed by atoms with E-state index >= 15 is 0 Å². The van der Waals surface area contributed by atoms with Crippen molar-refractivity contribution in [2.24, 2.45) is 11.3 Å². The molecule has 0 radical (unpaired) electrons. The van der Waals surface area contributed by atoms with E-state index in [1.807, 2.05) is 0 Å². The van der Waals surface area contributed by atoms with Gasteiger partial charge in [0.15, 0.2) is 0 Å². The van der Waals surface area contributed by atoms with Crippen LogP contribution in [0.5, 0.6) is 0 Å². The predicted molar refractivity (Wildman–Crippen MR) is 85.7 cm³/mol. The van der Waals surface area contributed by atoms with Crippen molar-refractivity contribution in [1.29, 1.82) is 0 Å². The maximum Gasteiger partial charge on any atom is 0.0488 e. The Morgan fingerprint density at radius 2 is 1.74 bits per heavy atom. The van der Waals surface area contributed by atoms with Crippen molar-refractivity contribution in [3.05, 3.63) is 0 Å². The molecule has 0 saturated carbocycles. The van der Waals surface area contributed by atoms with E-state index in [1.54, 1.807) is 0 Å². The summed E-state index contributed by atoms with van der Waals surface area (Å²) in [5.74, 6) is 0.639. The first-order valence-corrected chi connectivity index (χ1v) is 8.27. The topological polar surface area (TPSA) is 21.3 Å². The molecule has 0 bridgehead atoms. The van der Waals surface area contributed by atoms with Gasteiger partial charge >= 0.3 is 0 Å². The van der Waals surface area contributed by atoms with Crippen LogP contribution in [0.4, 0.5) is 0 Å². The number of hydrogen-bond donors (Lipinski definition) is 1. The van der Waals surface area contributed by atoms with E-state index in [2.05, 4.69) is 46.9 Å². The van der Waals surface area contributed by atoms with Crippen LogP contribution in [0.3, 0.4) is 0 Å². The van der Waals surface area contributed by atoms with Crippen molar-refractivity contribution >= 4 is 0 Å². The highest BCUT2D eigenvalue weighted by molar-refractivity contribution is 4.81. The highest BCUT2D eigenvalue weighted by Crippen LogP contribution is 2.32. The molecule has 0 aliphatic carbocycles. The van der Waals surface area contributed by atoms with Gasteiger partial charge in [0, 0.05) is 25.8 Å². The molecule has 19 heavy (non-hydrogen) atoms. The van der Waals surface area contributed by atoms with Crippen molar-refractivity contribution in [2.75, 3.05) is 19.8 Å². The Morgan fingerprint density at radius 3 is 2.21 bits per heavy atom. The van der Waals surface area contributed by atoms with Crippen molar-refractivity contribution in [2.45, 2.75) is 79.7 Å². The Balaban J connectivity index is 4.27. The van der Waals surface area contributed by atoms with Gasteiger partial charge in [-0.2, -0.15) is 0 Å². The lowest BCUT2D eigenvalue weighted by molar-refractivity contribution is 0.0688. The monoisotopic (exact) mass is 271 g/mol. The van der Waals surface area contributed by atoms with Crippen LogP contribution in [0.2, 0.25) is 0 Å². The first-order valence-electron chi connectivity index (χ1n) is 8.27. The third-order valence-corrected chi connectivity index (χ3v) is 3.92. The summed E-state index contributed by atoms with van der Waals surface area (Å²) in [7, 11) is 0. The first kappa shape index (κ1) is 18.9. The summed E-state index contributed by atoms with van der Waals surface area (Å²) in [5, 5.41) is 3.64. The molecule has 0 rings (SSSR count). The quantitative estimate of drug-likeness (QED) is 0.522. The van der Waals surface area contributed by atoms with Gasteiger partial charge in [0.25, 0.3) is 0 Å². The van der Waals surface area contributed by atoms with Crippen LogP contribution in [0.25, 0.3) is 0 Å². The van der Waals surface area contributed by atoms with Gasteiger partial charge in [-0.15, -0.1) is 0 Å². The molecular formula is C17H37NO. The molecule has 1 atom stereocenters. The van der Waals surface area contributed by atoms with Crippen molar-refractivity contribution in [3.63, 3.8) is 0 Å². The molecule has 1 unspecified atom stereocenters. The van der Waals surface area contributed by atoms with Crippen LogP contribution in [-0.2, 0) is 4.74 Å². The molecule has 0 heterocycles. The van der Waals surface area contributed by atoms with E-state index in [0.29, 0.717) is 17.4 Å². The fourth-order valence-corrected chi connectivity index (χ4v) is 2.36. The molecule has 1 N–H and O–H groups in total. The second-order valence-electron chi connectivity index (χ2n) is 6.71. The maximum absolute atomic E-state index is 5.81. The zero-order valence-corrected chi connectivity index (χ0v) is 14.2. The molecular weight excluding hydrogens is 234 g/mol. The van der Waals surface area contributed by atoms with Gasteiger partial charge < -0.3 is 10.1 Å². The molecule has 0 fully saturated rings. The third-order valence-electron chi connectivity index (χ3n) is 3.92. The first-order chi connectivity index (χ1) is 8.95. The molecule has 0 aromatic rings. The average Bonchev–Trinajstić information content (AvgIpc) is 2.37. The van der Waals surface area contributed by atoms with Crippen molar-refractivity contribution in [1.82, 2.24) is 5.32 Å². The summed E-state index contributed by atoms with van der Waals surface area (Å²) in [4.78, 5) is 0.